The molecule has 4 nitrogen and oxygen atoms in total. The van der Waals surface area contributed by atoms with E-state index in [1.54, 1.807) is 13.8 Å². The van der Waals surface area contributed by atoms with Crippen LogP contribution in [0.3, 0.4) is 0 Å². The second kappa shape index (κ2) is 4.43. The van der Waals surface area contributed by atoms with Gasteiger partial charge in [0, 0.05) is 11.8 Å². The molecular formula is C11H16N2O2. The number of amides is 2. The van der Waals surface area contributed by atoms with E-state index >= 15 is 0 Å². The molecule has 0 aromatic heterocycles. The predicted octanol–water partition coefficient (Wildman–Crippen LogP) is 1.32. The van der Waals surface area contributed by atoms with Gasteiger partial charge in [0.15, 0.2) is 0 Å². The van der Waals surface area contributed by atoms with E-state index in [0.717, 1.165) is 0 Å². The largest absolute Gasteiger partial charge is 0.278 e. The first-order valence-corrected chi connectivity index (χ1v) is 5.28. The second-order valence-electron chi connectivity index (χ2n) is 4.05. The first-order valence-electron chi connectivity index (χ1n) is 5.28. The molecule has 3 atom stereocenters. The number of hydrogen-bond acceptors (Lipinski definition) is 3. The van der Waals surface area contributed by atoms with Crippen molar-refractivity contribution in [3.63, 3.8) is 0 Å². The first-order chi connectivity index (χ1) is 7.04. The van der Waals surface area contributed by atoms with Crippen LogP contribution >= 0.6 is 0 Å². The van der Waals surface area contributed by atoms with Gasteiger partial charge in [0.25, 0.3) is 0 Å². The maximum atomic E-state index is 11.8. The van der Waals surface area contributed by atoms with Crippen molar-refractivity contribution >= 4 is 11.8 Å². The molecule has 0 bridgehead atoms. The van der Waals surface area contributed by atoms with Crippen molar-refractivity contribution < 1.29 is 9.59 Å². The van der Waals surface area contributed by atoms with Crippen LogP contribution in [0.4, 0.5) is 0 Å². The zero-order chi connectivity index (χ0) is 11.6. The Morgan fingerprint density at radius 1 is 1.33 bits per heavy atom. The molecule has 1 rings (SSSR count). The van der Waals surface area contributed by atoms with Crippen LogP contribution in [0, 0.1) is 23.2 Å². The lowest BCUT2D eigenvalue weighted by atomic mass is 10.00. The van der Waals surface area contributed by atoms with Crippen LogP contribution in [0.5, 0.6) is 0 Å². The number of nitrogens with zero attached hydrogens (tertiary/aromatic N) is 2. The summed E-state index contributed by atoms with van der Waals surface area (Å²) in [6, 6.07) is 1.77. The Morgan fingerprint density at radius 3 is 2.13 bits per heavy atom. The summed E-state index contributed by atoms with van der Waals surface area (Å²) in [7, 11) is 0. The molecule has 1 aliphatic heterocycles. The van der Waals surface area contributed by atoms with E-state index < -0.39 is 0 Å². The van der Waals surface area contributed by atoms with Crippen molar-refractivity contribution in [2.24, 2.45) is 11.8 Å². The van der Waals surface area contributed by atoms with Crippen molar-refractivity contribution in [3.8, 4) is 6.07 Å². The lowest BCUT2D eigenvalue weighted by Gasteiger charge is -2.23. The number of imide groups is 1. The van der Waals surface area contributed by atoms with Gasteiger partial charge < -0.3 is 0 Å². The van der Waals surface area contributed by atoms with Crippen LogP contribution in [0.2, 0.25) is 0 Å². The minimum absolute atomic E-state index is 0.130. The first kappa shape index (κ1) is 11.7. The smallest absolute Gasteiger partial charge is 0.233 e. The Balaban J connectivity index is 2.90. The fraction of sp³-hybridized carbons (Fsp3) is 0.727. The summed E-state index contributed by atoms with van der Waals surface area (Å²) in [5.41, 5.74) is 0. The number of carbonyl (C=O) groups excluding carboxylic acids is 2. The minimum Gasteiger partial charge on any atom is -0.278 e. The zero-order valence-electron chi connectivity index (χ0n) is 9.36. The molecule has 15 heavy (non-hydrogen) atoms. The molecule has 0 radical (unpaired) electrons. The molecule has 0 saturated carbocycles. The van der Waals surface area contributed by atoms with Crippen LogP contribution in [0.25, 0.3) is 0 Å². The highest BCUT2D eigenvalue weighted by Crippen LogP contribution is 2.28. The number of hydrogen-bond donors (Lipinski definition) is 0. The van der Waals surface area contributed by atoms with Gasteiger partial charge in [-0.25, -0.2) is 0 Å². The molecular weight excluding hydrogens is 192 g/mol. The molecule has 82 valence electrons. The highest BCUT2D eigenvalue weighted by molar-refractivity contribution is 6.05. The molecule has 0 aromatic rings. The van der Waals surface area contributed by atoms with Crippen LogP contribution in [0.1, 0.15) is 33.6 Å². The molecule has 0 aliphatic carbocycles. The third-order valence-electron chi connectivity index (χ3n) is 3.17. The molecule has 1 saturated heterocycles. The molecule has 0 N–H and O–H groups in total. The molecule has 4 heteroatoms. The summed E-state index contributed by atoms with van der Waals surface area (Å²) < 4.78 is 0. The fourth-order valence-corrected chi connectivity index (χ4v) is 1.86. The highest BCUT2D eigenvalue weighted by atomic mass is 16.2. The van der Waals surface area contributed by atoms with Gasteiger partial charge in [-0.05, 0) is 6.42 Å². The predicted molar refractivity (Wildman–Crippen MR) is 54.5 cm³/mol. The van der Waals surface area contributed by atoms with Crippen molar-refractivity contribution in [3.05, 3.63) is 0 Å². The van der Waals surface area contributed by atoms with E-state index in [9.17, 15) is 9.59 Å². The lowest BCUT2D eigenvalue weighted by Crippen LogP contribution is -2.40. The van der Waals surface area contributed by atoms with Gasteiger partial charge in [0.05, 0.1) is 18.5 Å². The number of carbonyl (C=O) groups is 2. The Kier molecular flexibility index (Phi) is 3.46. The average molecular weight is 208 g/mol. The SMILES string of the molecule is CCC(CC#N)N1C(=O)C(C)C(C)C1=O. The summed E-state index contributed by atoms with van der Waals surface area (Å²) in [6.07, 6.45) is 0.873. The Hall–Kier alpha value is -1.37. The topological polar surface area (TPSA) is 61.2 Å². The van der Waals surface area contributed by atoms with Crippen molar-refractivity contribution in [1.29, 1.82) is 5.26 Å². The van der Waals surface area contributed by atoms with E-state index in [1.165, 1.54) is 4.90 Å². The lowest BCUT2D eigenvalue weighted by molar-refractivity contribution is -0.142. The molecule has 0 aromatic carbocycles. The monoisotopic (exact) mass is 208 g/mol. The van der Waals surface area contributed by atoms with Crippen molar-refractivity contribution in [2.75, 3.05) is 0 Å². The van der Waals surface area contributed by atoms with Gasteiger partial charge in [-0.15, -0.1) is 0 Å². The van der Waals surface area contributed by atoms with Crippen LogP contribution in [-0.2, 0) is 9.59 Å². The van der Waals surface area contributed by atoms with E-state index in [2.05, 4.69) is 0 Å². The summed E-state index contributed by atoms with van der Waals surface area (Å²) >= 11 is 0. The van der Waals surface area contributed by atoms with Gasteiger partial charge in [-0.1, -0.05) is 20.8 Å². The van der Waals surface area contributed by atoms with Gasteiger partial charge in [0.1, 0.15) is 0 Å². The Labute approximate surface area is 89.9 Å². The van der Waals surface area contributed by atoms with Gasteiger partial charge >= 0.3 is 0 Å². The third kappa shape index (κ3) is 1.87. The van der Waals surface area contributed by atoms with Crippen LogP contribution in [0.15, 0.2) is 0 Å². The highest BCUT2D eigenvalue weighted by Gasteiger charge is 2.44. The molecule has 3 unspecified atom stereocenters. The van der Waals surface area contributed by atoms with E-state index in [0.29, 0.717) is 6.42 Å². The summed E-state index contributed by atoms with van der Waals surface area (Å²) in [4.78, 5) is 24.9. The maximum Gasteiger partial charge on any atom is 0.233 e. The molecule has 0 spiro atoms. The minimum atomic E-state index is -0.248. The quantitative estimate of drug-likeness (QED) is 0.657. The van der Waals surface area contributed by atoms with Gasteiger partial charge in [-0.2, -0.15) is 5.26 Å². The van der Waals surface area contributed by atoms with Crippen molar-refractivity contribution in [1.82, 2.24) is 4.90 Å². The Bertz CT molecular complexity index is 299. The summed E-state index contributed by atoms with van der Waals surface area (Å²) in [5.74, 6) is -0.750. The second-order valence-corrected chi connectivity index (χ2v) is 4.05. The van der Waals surface area contributed by atoms with Gasteiger partial charge in [-0.3, -0.25) is 14.5 Å². The normalized spacial score (nSPS) is 28.0. The fourth-order valence-electron chi connectivity index (χ4n) is 1.86. The van der Waals surface area contributed by atoms with Gasteiger partial charge in [0.2, 0.25) is 11.8 Å². The zero-order valence-corrected chi connectivity index (χ0v) is 9.36. The molecule has 1 heterocycles. The average Bonchev–Trinajstić information content (AvgIpc) is 2.41. The van der Waals surface area contributed by atoms with Crippen molar-refractivity contribution in [2.45, 2.75) is 39.7 Å². The summed E-state index contributed by atoms with van der Waals surface area (Å²) in [6.45, 7) is 5.42. The summed E-state index contributed by atoms with van der Waals surface area (Å²) in [5, 5.41) is 8.63. The number of nitriles is 1. The third-order valence-corrected chi connectivity index (χ3v) is 3.17. The van der Waals surface area contributed by atoms with E-state index in [-0.39, 0.29) is 36.1 Å². The number of likely N-dealkylation sites (tertiary alicyclic amines) is 1. The molecule has 2 amide bonds. The number of rotatable bonds is 3. The molecule has 1 fully saturated rings. The van der Waals surface area contributed by atoms with E-state index in [1.807, 2.05) is 13.0 Å². The van der Waals surface area contributed by atoms with Crippen LogP contribution in [-0.4, -0.2) is 22.8 Å². The standard InChI is InChI=1S/C11H16N2O2/c1-4-9(5-6-12)13-10(14)7(2)8(3)11(13)15/h7-9H,4-5H2,1-3H3. The maximum absolute atomic E-state index is 11.8. The van der Waals surface area contributed by atoms with E-state index in [4.69, 9.17) is 5.26 Å². The Morgan fingerprint density at radius 2 is 1.80 bits per heavy atom. The van der Waals surface area contributed by atoms with Crippen LogP contribution < -0.4 is 0 Å². The molecule has 1 aliphatic rings.